The Balaban J connectivity index is 1.95. The van der Waals surface area contributed by atoms with Crippen molar-refractivity contribution in [2.45, 2.75) is 36.5 Å². The van der Waals surface area contributed by atoms with Crippen molar-refractivity contribution in [2.75, 3.05) is 0 Å². The van der Waals surface area contributed by atoms with Crippen LogP contribution in [-0.4, -0.2) is 27.2 Å². The highest BCUT2D eigenvalue weighted by atomic mass is 32.2. The summed E-state index contributed by atoms with van der Waals surface area (Å²) in [6, 6.07) is 3.82. The number of nitro groups is 1. The van der Waals surface area contributed by atoms with Crippen LogP contribution in [0.1, 0.15) is 45.5 Å². The number of rotatable bonds is 6. The number of aromatic carboxylic acids is 1. The molecule has 0 amide bonds. The minimum absolute atomic E-state index is 0.142. The maximum Gasteiger partial charge on any atom is 0.335 e. The van der Waals surface area contributed by atoms with Crippen molar-refractivity contribution in [2.24, 2.45) is 0 Å². The first kappa shape index (κ1) is 18.8. The number of carboxylic acids is 1. The van der Waals surface area contributed by atoms with Gasteiger partial charge in [0.05, 0.1) is 21.1 Å². The van der Waals surface area contributed by atoms with Crippen molar-refractivity contribution < 1.29 is 14.8 Å². The number of benzene rings is 1. The van der Waals surface area contributed by atoms with Crippen molar-refractivity contribution >= 4 is 29.6 Å². The molecule has 0 saturated heterocycles. The molecule has 1 heterocycles. The second-order valence-corrected chi connectivity index (χ2v) is 7.19. The predicted molar refractivity (Wildman–Crippen MR) is 101 cm³/mol. The number of pyridine rings is 1. The van der Waals surface area contributed by atoms with Gasteiger partial charge in [0.25, 0.3) is 11.2 Å². The van der Waals surface area contributed by atoms with Crippen molar-refractivity contribution in [3.05, 3.63) is 66.5 Å². The minimum Gasteiger partial charge on any atom is -0.478 e. The van der Waals surface area contributed by atoms with Gasteiger partial charge in [0.2, 0.25) is 0 Å². The summed E-state index contributed by atoms with van der Waals surface area (Å²) in [5.74, 6) is -0.999. The fourth-order valence-corrected chi connectivity index (χ4v) is 4.36. The van der Waals surface area contributed by atoms with E-state index in [-0.39, 0.29) is 22.6 Å². The van der Waals surface area contributed by atoms with Crippen molar-refractivity contribution in [1.82, 2.24) is 4.98 Å². The average molecular weight is 387 g/mol. The first-order chi connectivity index (χ1) is 12.9. The van der Waals surface area contributed by atoms with Crippen molar-refractivity contribution in [3.8, 4) is 0 Å². The lowest BCUT2D eigenvalue weighted by atomic mass is 9.90. The van der Waals surface area contributed by atoms with Gasteiger partial charge < -0.3 is 15.5 Å². The average Bonchev–Trinajstić information content (AvgIpc) is 2.65. The Hall–Kier alpha value is -2.94. The molecule has 0 spiro atoms. The quantitative estimate of drug-likeness (QED) is 0.301. The van der Waals surface area contributed by atoms with E-state index < -0.39 is 10.9 Å². The third-order valence-corrected chi connectivity index (χ3v) is 5.68. The van der Waals surface area contributed by atoms with Gasteiger partial charge in [-0.2, -0.15) is 0 Å². The molecule has 0 aliphatic heterocycles. The lowest BCUT2D eigenvalue weighted by Crippen LogP contribution is -2.21. The number of fused-ring (bicyclic) bond motifs is 1. The number of carboxylic acid groups (broad SMARTS) is 1. The Morgan fingerprint density at radius 2 is 2.04 bits per heavy atom. The monoisotopic (exact) mass is 387 g/mol. The maximum absolute atomic E-state index is 12.3. The van der Waals surface area contributed by atoms with Crippen LogP contribution in [0.3, 0.4) is 0 Å². The SMILES string of the molecule is N=Cc1c2c(c(SCc3ccc(C(=O)O)cc3[N+](=O)[O-])[nH]c1=O)CCCC2. The number of hydrogen-bond donors (Lipinski definition) is 3. The molecule has 140 valence electrons. The highest BCUT2D eigenvalue weighted by Gasteiger charge is 2.22. The van der Waals surface area contributed by atoms with Crippen LogP contribution in [0.4, 0.5) is 5.69 Å². The van der Waals surface area contributed by atoms with Gasteiger partial charge in [0, 0.05) is 23.6 Å². The van der Waals surface area contributed by atoms with E-state index in [0.717, 1.165) is 49.1 Å². The molecule has 0 atom stereocenters. The maximum atomic E-state index is 12.3. The molecule has 1 aromatic carbocycles. The van der Waals surface area contributed by atoms with Crippen LogP contribution in [0.5, 0.6) is 0 Å². The van der Waals surface area contributed by atoms with Gasteiger partial charge in [-0.1, -0.05) is 6.07 Å². The van der Waals surface area contributed by atoms with Gasteiger partial charge in [0.1, 0.15) is 0 Å². The van der Waals surface area contributed by atoms with Crippen LogP contribution in [-0.2, 0) is 18.6 Å². The molecule has 0 unspecified atom stereocenters. The molecule has 1 aromatic heterocycles. The summed E-state index contributed by atoms with van der Waals surface area (Å²) >= 11 is 1.28. The number of carbonyl (C=O) groups is 1. The van der Waals surface area contributed by atoms with E-state index in [2.05, 4.69) is 4.98 Å². The summed E-state index contributed by atoms with van der Waals surface area (Å²) in [7, 11) is 0. The van der Waals surface area contributed by atoms with Gasteiger partial charge in [-0.15, -0.1) is 11.8 Å². The smallest absolute Gasteiger partial charge is 0.335 e. The third-order valence-electron chi connectivity index (χ3n) is 4.58. The highest BCUT2D eigenvalue weighted by Crippen LogP contribution is 2.33. The Morgan fingerprint density at radius 1 is 1.33 bits per heavy atom. The molecule has 3 rings (SSSR count). The normalized spacial score (nSPS) is 13.0. The Bertz CT molecular complexity index is 999. The number of hydrogen-bond acceptors (Lipinski definition) is 6. The Kier molecular flexibility index (Phi) is 5.41. The van der Waals surface area contributed by atoms with E-state index in [0.29, 0.717) is 16.2 Å². The van der Waals surface area contributed by atoms with Crippen molar-refractivity contribution in [1.29, 1.82) is 5.41 Å². The number of H-pyrrole nitrogens is 1. The summed E-state index contributed by atoms with van der Waals surface area (Å²) in [6.45, 7) is 0. The predicted octanol–water partition coefficient (Wildman–Crippen LogP) is 3.15. The zero-order chi connectivity index (χ0) is 19.6. The van der Waals surface area contributed by atoms with Gasteiger partial charge in [-0.05, 0) is 42.9 Å². The molecule has 3 N–H and O–H groups in total. The Labute approximate surface area is 158 Å². The highest BCUT2D eigenvalue weighted by molar-refractivity contribution is 7.98. The zero-order valence-electron chi connectivity index (χ0n) is 14.3. The molecule has 0 bridgehead atoms. The van der Waals surface area contributed by atoms with E-state index in [1.54, 1.807) is 0 Å². The van der Waals surface area contributed by atoms with E-state index in [9.17, 15) is 19.7 Å². The van der Waals surface area contributed by atoms with E-state index in [1.165, 1.54) is 23.9 Å². The molecule has 8 nitrogen and oxygen atoms in total. The number of aromatic amines is 1. The second kappa shape index (κ2) is 7.75. The summed E-state index contributed by atoms with van der Waals surface area (Å²) in [6.07, 6.45) is 4.55. The summed E-state index contributed by atoms with van der Waals surface area (Å²) in [4.78, 5) is 36.8. The summed E-state index contributed by atoms with van der Waals surface area (Å²) in [5.41, 5.74) is 1.92. The number of nitrogens with zero attached hydrogens (tertiary/aromatic N) is 1. The van der Waals surface area contributed by atoms with Crippen LogP contribution in [0.25, 0.3) is 0 Å². The van der Waals surface area contributed by atoms with Crippen LogP contribution in [0, 0.1) is 15.5 Å². The van der Waals surface area contributed by atoms with Gasteiger partial charge in [0.15, 0.2) is 0 Å². The number of aromatic nitrogens is 1. The van der Waals surface area contributed by atoms with E-state index in [1.807, 2.05) is 0 Å². The molecular weight excluding hydrogens is 370 g/mol. The summed E-state index contributed by atoms with van der Waals surface area (Å²) in [5, 5.41) is 28.5. The lowest BCUT2D eigenvalue weighted by Gasteiger charge is -2.20. The topological polar surface area (TPSA) is 137 Å². The van der Waals surface area contributed by atoms with Gasteiger partial charge in [-0.3, -0.25) is 14.9 Å². The first-order valence-electron chi connectivity index (χ1n) is 8.34. The molecule has 9 heteroatoms. The molecule has 1 aliphatic carbocycles. The second-order valence-electron chi connectivity index (χ2n) is 6.20. The number of nitrogens with one attached hydrogen (secondary N) is 2. The fourth-order valence-electron chi connectivity index (χ4n) is 3.25. The molecule has 0 fully saturated rings. The standard InChI is InChI=1S/C18H17N3O5S/c19-8-14-12-3-1-2-4-13(12)17(20-16(14)22)27-9-11-6-5-10(18(23)24)7-15(11)21(25)26/h5-8,19H,1-4,9H2,(H,20,22)(H,23,24). The van der Waals surface area contributed by atoms with Crippen LogP contribution >= 0.6 is 11.8 Å². The van der Waals surface area contributed by atoms with Crippen LogP contribution < -0.4 is 5.56 Å². The molecule has 27 heavy (non-hydrogen) atoms. The molecule has 0 saturated carbocycles. The number of nitro benzene ring substituents is 1. The van der Waals surface area contributed by atoms with Gasteiger partial charge in [-0.25, -0.2) is 4.79 Å². The first-order valence-corrected chi connectivity index (χ1v) is 9.33. The number of thioether (sulfide) groups is 1. The van der Waals surface area contributed by atoms with E-state index >= 15 is 0 Å². The molecule has 0 radical (unpaired) electrons. The minimum atomic E-state index is -1.22. The van der Waals surface area contributed by atoms with Crippen LogP contribution in [0.2, 0.25) is 0 Å². The molecular formula is C18H17N3O5S. The van der Waals surface area contributed by atoms with E-state index in [4.69, 9.17) is 10.5 Å². The third kappa shape index (κ3) is 3.77. The van der Waals surface area contributed by atoms with Crippen LogP contribution in [0.15, 0.2) is 28.0 Å². The molecule has 2 aromatic rings. The van der Waals surface area contributed by atoms with Crippen molar-refractivity contribution in [3.63, 3.8) is 0 Å². The summed E-state index contributed by atoms with van der Waals surface area (Å²) < 4.78 is 0. The Morgan fingerprint density at radius 3 is 2.67 bits per heavy atom. The largest absolute Gasteiger partial charge is 0.478 e. The fraction of sp³-hybridized carbons (Fsp3) is 0.278. The zero-order valence-corrected chi connectivity index (χ0v) is 15.1. The lowest BCUT2D eigenvalue weighted by molar-refractivity contribution is -0.385. The molecule has 1 aliphatic rings. The van der Waals surface area contributed by atoms with Gasteiger partial charge >= 0.3 is 5.97 Å².